The smallest absolute Gasteiger partial charge is 0.306 e. The van der Waals surface area contributed by atoms with E-state index in [1.165, 1.54) is 64.2 Å². The van der Waals surface area contributed by atoms with Crippen molar-refractivity contribution in [2.24, 2.45) is 35.0 Å². The van der Waals surface area contributed by atoms with Crippen LogP contribution in [0.1, 0.15) is 110 Å². The zero-order valence-electron chi connectivity index (χ0n) is 18.9. The number of fused-ring (bicyclic) bond motifs is 1. The van der Waals surface area contributed by atoms with E-state index in [1.807, 2.05) is 0 Å². The fourth-order valence-corrected chi connectivity index (χ4v) is 7.78. The van der Waals surface area contributed by atoms with Gasteiger partial charge in [-0.05, 0) is 87.4 Å². The van der Waals surface area contributed by atoms with Gasteiger partial charge in [0.2, 0.25) is 0 Å². The average Bonchev–Trinajstić information content (AvgIpc) is 3.34. The Balaban J connectivity index is 1.30. The topological polar surface area (TPSA) is 46.5 Å². The fourth-order valence-electron chi connectivity index (χ4n) is 7.78. The molecular weight excluding hydrogens is 360 g/mol. The van der Waals surface area contributed by atoms with E-state index in [4.69, 9.17) is 4.74 Å². The van der Waals surface area contributed by atoms with Crippen LogP contribution in [0.15, 0.2) is 0 Å². The van der Waals surface area contributed by atoms with Crippen LogP contribution in [0, 0.1) is 35.0 Å². The Morgan fingerprint density at radius 1 is 1.03 bits per heavy atom. The van der Waals surface area contributed by atoms with Gasteiger partial charge < -0.3 is 9.84 Å². The molecule has 0 aromatic rings. The van der Waals surface area contributed by atoms with Crippen LogP contribution in [0.3, 0.4) is 0 Å². The first kappa shape index (κ1) is 21.7. The molecule has 0 bridgehead atoms. The van der Waals surface area contributed by atoms with E-state index in [-0.39, 0.29) is 23.6 Å². The standard InChI is InChI=1S/C26H44O3/c1-3-19-17-22(27)10-11-23(19)20-14-15-26(2)21(16-20)9-12-24(26)29-25(28)13-8-18-6-4-5-7-18/h18-24,27H,3-17H2,1-2H3. The van der Waals surface area contributed by atoms with Gasteiger partial charge in [-0.25, -0.2) is 0 Å². The third kappa shape index (κ3) is 4.70. The monoisotopic (exact) mass is 404 g/mol. The highest BCUT2D eigenvalue weighted by molar-refractivity contribution is 5.69. The van der Waals surface area contributed by atoms with E-state index >= 15 is 0 Å². The highest BCUT2D eigenvalue weighted by Crippen LogP contribution is 2.57. The van der Waals surface area contributed by atoms with Crippen LogP contribution in [0.5, 0.6) is 0 Å². The summed E-state index contributed by atoms with van der Waals surface area (Å²) in [6.45, 7) is 4.72. The van der Waals surface area contributed by atoms with Gasteiger partial charge in [0, 0.05) is 11.8 Å². The second kappa shape index (κ2) is 9.28. The van der Waals surface area contributed by atoms with Gasteiger partial charge in [-0.15, -0.1) is 0 Å². The number of hydrogen-bond acceptors (Lipinski definition) is 3. The SMILES string of the molecule is CCC1CC(O)CCC1C1CCC2(C)C(CCC2OC(=O)CCC2CCCC2)C1. The molecule has 0 aromatic heterocycles. The van der Waals surface area contributed by atoms with Crippen molar-refractivity contribution in [3.8, 4) is 0 Å². The minimum atomic E-state index is -0.0652. The summed E-state index contributed by atoms with van der Waals surface area (Å²) in [5, 5.41) is 10.1. The molecule has 0 saturated heterocycles. The Hall–Kier alpha value is -0.570. The predicted octanol–water partition coefficient (Wildman–Crippen LogP) is 6.27. The minimum Gasteiger partial charge on any atom is -0.462 e. The number of hydrogen-bond donors (Lipinski definition) is 1. The van der Waals surface area contributed by atoms with Gasteiger partial charge in [-0.3, -0.25) is 4.79 Å². The second-order valence-corrected chi connectivity index (χ2v) is 11.3. The van der Waals surface area contributed by atoms with Gasteiger partial charge in [0.15, 0.2) is 0 Å². The third-order valence-corrected chi connectivity index (χ3v) is 9.74. The summed E-state index contributed by atoms with van der Waals surface area (Å²) in [6.07, 6.45) is 17.7. The van der Waals surface area contributed by atoms with Gasteiger partial charge in [-0.1, -0.05) is 46.0 Å². The maximum absolute atomic E-state index is 12.6. The second-order valence-electron chi connectivity index (χ2n) is 11.3. The van der Waals surface area contributed by atoms with E-state index in [2.05, 4.69) is 13.8 Å². The van der Waals surface area contributed by atoms with Crippen molar-refractivity contribution in [2.45, 2.75) is 122 Å². The van der Waals surface area contributed by atoms with Gasteiger partial charge in [0.25, 0.3) is 0 Å². The minimum absolute atomic E-state index is 0.0652. The summed E-state index contributed by atoms with van der Waals surface area (Å²) in [7, 11) is 0. The molecule has 0 radical (unpaired) electrons. The van der Waals surface area contributed by atoms with Crippen LogP contribution in [0.2, 0.25) is 0 Å². The molecule has 4 aliphatic rings. The maximum atomic E-state index is 12.6. The number of carbonyl (C=O) groups is 1. The summed E-state index contributed by atoms with van der Waals surface area (Å²) in [4.78, 5) is 12.6. The van der Waals surface area contributed by atoms with E-state index in [0.29, 0.717) is 12.3 Å². The molecule has 0 spiro atoms. The Labute approximate surface area is 178 Å². The summed E-state index contributed by atoms with van der Waals surface area (Å²) < 4.78 is 6.11. The molecule has 29 heavy (non-hydrogen) atoms. The lowest BCUT2D eigenvalue weighted by Crippen LogP contribution is -2.43. The van der Waals surface area contributed by atoms with E-state index in [1.54, 1.807) is 0 Å². The summed E-state index contributed by atoms with van der Waals surface area (Å²) in [6, 6.07) is 0. The number of carbonyl (C=O) groups excluding carboxylic acids is 1. The van der Waals surface area contributed by atoms with Crippen LogP contribution in [0.25, 0.3) is 0 Å². The van der Waals surface area contributed by atoms with Crippen LogP contribution in [-0.2, 0) is 9.53 Å². The molecule has 0 aliphatic heterocycles. The molecule has 7 atom stereocenters. The molecular formula is C26H44O3. The van der Waals surface area contributed by atoms with Crippen molar-refractivity contribution in [3.05, 3.63) is 0 Å². The molecule has 0 amide bonds. The van der Waals surface area contributed by atoms with E-state index < -0.39 is 0 Å². The van der Waals surface area contributed by atoms with Gasteiger partial charge in [-0.2, -0.15) is 0 Å². The molecule has 3 nitrogen and oxygen atoms in total. The molecule has 7 unspecified atom stereocenters. The quantitative estimate of drug-likeness (QED) is 0.531. The molecule has 166 valence electrons. The molecule has 4 fully saturated rings. The largest absolute Gasteiger partial charge is 0.462 e. The molecule has 1 N–H and O–H groups in total. The summed E-state index contributed by atoms with van der Waals surface area (Å²) >= 11 is 0. The number of esters is 1. The Morgan fingerprint density at radius 2 is 1.83 bits per heavy atom. The van der Waals surface area contributed by atoms with Crippen molar-refractivity contribution >= 4 is 5.97 Å². The average molecular weight is 405 g/mol. The maximum Gasteiger partial charge on any atom is 0.306 e. The zero-order chi connectivity index (χ0) is 20.4. The zero-order valence-corrected chi connectivity index (χ0v) is 18.9. The lowest BCUT2D eigenvalue weighted by atomic mass is 9.59. The Bertz CT molecular complexity index is 554. The number of aliphatic hydroxyl groups excluding tert-OH is 1. The predicted molar refractivity (Wildman–Crippen MR) is 116 cm³/mol. The van der Waals surface area contributed by atoms with Crippen LogP contribution in [-0.4, -0.2) is 23.3 Å². The fraction of sp³-hybridized carbons (Fsp3) is 0.962. The molecule has 3 heteroatoms. The normalized spacial score (nSPS) is 43.3. The lowest BCUT2D eigenvalue weighted by molar-refractivity contribution is -0.157. The summed E-state index contributed by atoms with van der Waals surface area (Å²) in [5.74, 6) is 3.89. The molecule has 4 rings (SSSR count). The van der Waals surface area contributed by atoms with E-state index in [9.17, 15) is 9.90 Å². The van der Waals surface area contributed by atoms with Gasteiger partial charge in [0.1, 0.15) is 6.10 Å². The Morgan fingerprint density at radius 3 is 2.59 bits per heavy atom. The molecule has 4 saturated carbocycles. The van der Waals surface area contributed by atoms with Crippen molar-refractivity contribution in [1.29, 1.82) is 0 Å². The molecule has 4 aliphatic carbocycles. The summed E-state index contributed by atoms with van der Waals surface area (Å²) in [5.41, 5.74) is 0.204. The first-order chi connectivity index (χ1) is 14.0. The number of ether oxygens (including phenoxy) is 1. The first-order valence-corrected chi connectivity index (χ1v) is 12.9. The number of aliphatic hydroxyl groups is 1. The first-order valence-electron chi connectivity index (χ1n) is 12.9. The van der Waals surface area contributed by atoms with Crippen molar-refractivity contribution < 1.29 is 14.6 Å². The van der Waals surface area contributed by atoms with Gasteiger partial charge >= 0.3 is 5.97 Å². The van der Waals surface area contributed by atoms with Crippen molar-refractivity contribution in [3.63, 3.8) is 0 Å². The third-order valence-electron chi connectivity index (χ3n) is 9.74. The van der Waals surface area contributed by atoms with Crippen molar-refractivity contribution in [1.82, 2.24) is 0 Å². The Kier molecular flexibility index (Phi) is 6.93. The van der Waals surface area contributed by atoms with E-state index in [0.717, 1.165) is 49.4 Å². The van der Waals surface area contributed by atoms with Gasteiger partial charge in [0.05, 0.1) is 6.10 Å². The van der Waals surface area contributed by atoms with Crippen molar-refractivity contribution in [2.75, 3.05) is 0 Å². The molecule has 0 aromatic carbocycles. The van der Waals surface area contributed by atoms with Crippen LogP contribution < -0.4 is 0 Å². The lowest BCUT2D eigenvalue weighted by Gasteiger charge is -2.47. The van der Waals surface area contributed by atoms with Crippen LogP contribution in [0.4, 0.5) is 0 Å². The number of rotatable bonds is 6. The highest BCUT2D eigenvalue weighted by atomic mass is 16.5. The molecule has 0 heterocycles. The van der Waals surface area contributed by atoms with Crippen LogP contribution >= 0.6 is 0 Å². The highest BCUT2D eigenvalue weighted by Gasteiger charge is 2.52.